The first-order chi connectivity index (χ1) is 18.8. The van der Waals surface area contributed by atoms with Gasteiger partial charge >= 0.3 is 5.97 Å². The summed E-state index contributed by atoms with van der Waals surface area (Å²) >= 11 is 0. The highest BCUT2D eigenvalue weighted by atomic mass is 16.6. The van der Waals surface area contributed by atoms with Crippen LogP contribution in [0.2, 0.25) is 0 Å². The molecule has 0 atom stereocenters. The fourth-order valence-corrected chi connectivity index (χ4v) is 4.32. The lowest BCUT2D eigenvalue weighted by Gasteiger charge is -2.08. The Morgan fingerprint density at radius 3 is 1.11 bits per heavy atom. The Morgan fingerprint density at radius 2 is 0.684 bits per heavy atom. The molecule has 0 aromatic rings. The summed E-state index contributed by atoms with van der Waals surface area (Å²) in [6.45, 7) is 9.43. The number of carbonyl (C=O) groups excluding carboxylic acids is 1. The van der Waals surface area contributed by atoms with E-state index in [-0.39, 0.29) is 5.97 Å². The number of rotatable bonds is 33. The zero-order chi connectivity index (χ0) is 27.6. The first-order valence-corrected chi connectivity index (χ1v) is 16.3. The Bertz CT molecular complexity index is 446. The average molecular weight is 545 g/mol. The van der Waals surface area contributed by atoms with E-state index >= 15 is 0 Å². The maximum atomic E-state index is 11.6. The second kappa shape index (κ2) is 34.3. The third-order valence-corrected chi connectivity index (χ3v) is 6.73. The fourth-order valence-electron chi connectivity index (χ4n) is 4.32. The number of esters is 1. The van der Waals surface area contributed by atoms with Gasteiger partial charge in [0.05, 0.1) is 46.2 Å². The van der Waals surface area contributed by atoms with Crippen molar-refractivity contribution in [3.8, 4) is 0 Å². The van der Waals surface area contributed by atoms with Crippen LogP contribution in [0.25, 0.3) is 0 Å². The van der Waals surface area contributed by atoms with Gasteiger partial charge in [-0.2, -0.15) is 0 Å². The summed E-state index contributed by atoms with van der Waals surface area (Å²) in [7, 11) is 0. The van der Waals surface area contributed by atoms with Crippen LogP contribution in [0.3, 0.4) is 0 Å². The molecule has 0 N–H and O–H groups in total. The van der Waals surface area contributed by atoms with E-state index in [2.05, 4.69) is 13.8 Å². The minimum absolute atomic E-state index is 0.123. The third kappa shape index (κ3) is 33.3. The van der Waals surface area contributed by atoms with Gasteiger partial charge in [-0.15, -0.1) is 0 Å². The maximum Gasteiger partial charge on any atom is 0.305 e. The SMILES string of the molecule is CCCCCCCCCCCCCCCCOCCOCCOCCOCCOC(=O)CCCCCCC. The predicted octanol–water partition coefficient (Wildman–Crippen LogP) is 8.44. The lowest BCUT2D eigenvalue weighted by atomic mass is 10.0. The van der Waals surface area contributed by atoms with E-state index in [1.54, 1.807) is 0 Å². The van der Waals surface area contributed by atoms with E-state index in [0.29, 0.717) is 59.3 Å². The largest absolute Gasteiger partial charge is 0.463 e. The zero-order valence-corrected chi connectivity index (χ0v) is 25.5. The van der Waals surface area contributed by atoms with Gasteiger partial charge in [-0.05, 0) is 12.8 Å². The predicted molar refractivity (Wildman–Crippen MR) is 158 cm³/mol. The van der Waals surface area contributed by atoms with Gasteiger partial charge in [-0.1, -0.05) is 123 Å². The van der Waals surface area contributed by atoms with E-state index in [1.165, 1.54) is 103 Å². The molecule has 0 bridgehead atoms. The molecule has 0 saturated heterocycles. The van der Waals surface area contributed by atoms with Crippen molar-refractivity contribution >= 4 is 5.97 Å². The molecule has 0 radical (unpaired) electrons. The number of hydrogen-bond donors (Lipinski definition) is 0. The molecule has 0 heterocycles. The smallest absolute Gasteiger partial charge is 0.305 e. The summed E-state index contributed by atoms with van der Waals surface area (Å²) in [4.78, 5) is 11.6. The van der Waals surface area contributed by atoms with E-state index in [1.807, 2.05) is 0 Å². The van der Waals surface area contributed by atoms with Gasteiger partial charge in [0, 0.05) is 13.0 Å². The minimum atomic E-state index is -0.123. The number of unbranched alkanes of at least 4 members (excludes halogenated alkanes) is 17. The van der Waals surface area contributed by atoms with Gasteiger partial charge in [-0.3, -0.25) is 4.79 Å². The van der Waals surface area contributed by atoms with Crippen LogP contribution < -0.4 is 0 Å². The lowest BCUT2D eigenvalue weighted by Crippen LogP contribution is -2.14. The van der Waals surface area contributed by atoms with Gasteiger partial charge < -0.3 is 23.7 Å². The molecule has 0 amide bonds. The van der Waals surface area contributed by atoms with Crippen LogP contribution in [0, 0.1) is 0 Å². The Morgan fingerprint density at radius 1 is 0.368 bits per heavy atom. The van der Waals surface area contributed by atoms with Crippen molar-refractivity contribution in [1.82, 2.24) is 0 Å². The van der Waals surface area contributed by atoms with Gasteiger partial charge in [-0.25, -0.2) is 0 Å². The Balaban J connectivity index is 3.08. The molecule has 0 aromatic carbocycles. The van der Waals surface area contributed by atoms with Crippen molar-refractivity contribution in [2.24, 2.45) is 0 Å². The van der Waals surface area contributed by atoms with E-state index in [4.69, 9.17) is 23.7 Å². The molecule has 38 heavy (non-hydrogen) atoms. The normalized spacial score (nSPS) is 11.3. The summed E-state index contributed by atoms with van der Waals surface area (Å²) in [5.41, 5.74) is 0. The van der Waals surface area contributed by atoms with Crippen molar-refractivity contribution in [3.63, 3.8) is 0 Å². The molecule has 0 aliphatic heterocycles. The highest BCUT2D eigenvalue weighted by Crippen LogP contribution is 2.13. The molecule has 0 aromatic heterocycles. The first-order valence-electron chi connectivity index (χ1n) is 16.3. The summed E-state index contributed by atoms with van der Waals surface area (Å²) in [5, 5.41) is 0. The van der Waals surface area contributed by atoms with Crippen LogP contribution in [0.5, 0.6) is 0 Å². The van der Waals surface area contributed by atoms with Gasteiger partial charge in [0.1, 0.15) is 6.61 Å². The first kappa shape index (κ1) is 37.3. The molecule has 0 saturated carbocycles. The van der Waals surface area contributed by atoms with Crippen LogP contribution >= 0.6 is 0 Å². The molecule has 0 rings (SSSR count). The van der Waals surface area contributed by atoms with Crippen LogP contribution in [-0.2, 0) is 28.5 Å². The minimum Gasteiger partial charge on any atom is -0.463 e. The van der Waals surface area contributed by atoms with Gasteiger partial charge in [0.25, 0.3) is 0 Å². The molecule has 6 heteroatoms. The quantitative estimate of drug-likeness (QED) is 0.0610. The summed E-state index contributed by atoms with van der Waals surface area (Å²) in [6, 6.07) is 0. The Kier molecular flexibility index (Phi) is 33.7. The zero-order valence-electron chi connectivity index (χ0n) is 25.5. The fraction of sp³-hybridized carbons (Fsp3) is 0.969. The maximum absolute atomic E-state index is 11.6. The topological polar surface area (TPSA) is 63.2 Å². The van der Waals surface area contributed by atoms with Crippen molar-refractivity contribution in [3.05, 3.63) is 0 Å². The Hall–Kier alpha value is -0.690. The number of carbonyl (C=O) groups is 1. The monoisotopic (exact) mass is 544 g/mol. The van der Waals surface area contributed by atoms with Crippen molar-refractivity contribution < 1.29 is 28.5 Å². The third-order valence-electron chi connectivity index (χ3n) is 6.73. The molecule has 6 nitrogen and oxygen atoms in total. The second-order valence-electron chi connectivity index (χ2n) is 10.4. The summed E-state index contributed by atoms with van der Waals surface area (Å²) in [5.74, 6) is -0.123. The lowest BCUT2D eigenvalue weighted by molar-refractivity contribution is -0.145. The van der Waals surface area contributed by atoms with Crippen LogP contribution in [-0.4, -0.2) is 65.4 Å². The molecule has 0 aliphatic carbocycles. The van der Waals surface area contributed by atoms with Gasteiger partial charge in [0.15, 0.2) is 0 Å². The molecular weight excluding hydrogens is 480 g/mol. The van der Waals surface area contributed by atoms with E-state index in [9.17, 15) is 4.79 Å². The molecule has 0 aliphatic rings. The average Bonchev–Trinajstić information content (AvgIpc) is 2.92. The second-order valence-corrected chi connectivity index (χ2v) is 10.4. The highest BCUT2D eigenvalue weighted by molar-refractivity contribution is 5.69. The van der Waals surface area contributed by atoms with Crippen molar-refractivity contribution in [2.45, 2.75) is 142 Å². The number of ether oxygens (including phenoxy) is 5. The molecule has 228 valence electrons. The van der Waals surface area contributed by atoms with E-state index < -0.39 is 0 Å². The highest BCUT2D eigenvalue weighted by Gasteiger charge is 2.02. The van der Waals surface area contributed by atoms with E-state index in [0.717, 1.165) is 25.9 Å². The molecule has 0 fully saturated rings. The van der Waals surface area contributed by atoms with Crippen molar-refractivity contribution in [2.75, 3.05) is 59.5 Å². The van der Waals surface area contributed by atoms with Crippen LogP contribution in [0.4, 0.5) is 0 Å². The summed E-state index contributed by atoms with van der Waals surface area (Å²) in [6.07, 6.45) is 25.5. The summed E-state index contributed by atoms with van der Waals surface area (Å²) < 4.78 is 27.3. The standard InChI is InChI=1S/C32H64O6/c1-3-5-7-9-10-11-12-13-14-15-16-17-19-21-23-34-24-25-35-26-27-36-28-29-37-30-31-38-32(33)22-20-18-8-6-4-2/h3-31H2,1-2H3. The van der Waals surface area contributed by atoms with Crippen LogP contribution in [0.15, 0.2) is 0 Å². The molecule has 0 unspecified atom stereocenters. The van der Waals surface area contributed by atoms with Crippen LogP contribution in [0.1, 0.15) is 142 Å². The molecular formula is C32H64O6. The van der Waals surface area contributed by atoms with Crippen molar-refractivity contribution in [1.29, 1.82) is 0 Å². The van der Waals surface area contributed by atoms with Gasteiger partial charge in [0.2, 0.25) is 0 Å². The Labute approximate surface area is 236 Å². The number of hydrogen-bond acceptors (Lipinski definition) is 6. The molecule has 0 spiro atoms.